The van der Waals surface area contributed by atoms with E-state index in [0.29, 0.717) is 0 Å². The molecule has 0 saturated heterocycles. The highest BCUT2D eigenvalue weighted by atomic mass is 32.1. The zero-order valence-corrected chi connectivity index (χ0v) is 35.1. The SMILES string of the molecule is c1ccc(-c2ccccc2-c2c(-c3ccccc3)cccc2N(c2ccc(-c3cccc4oc5ccccc5c34)cc2)c2ccccc2-c2cccc3c2sc2ccccc23)cc1. The van der Waals surface area contributed by atoms with Gasteiger partial charge in [-0.2, -0.15) is 0 Å². The quantitative estimate of drug-likeness (QED) is 0.152. The predicted octanol–water partition coefficient (Wildman–Crippen LogP) is 17.8. The molecule has 3 heteroatoms. The van der Waals surface area contributed by atoms with E-state index in [1.54, 1.807) is 0 Å². The largest absolute Gasteiger partial charge is 0.456 e. The molecule has 0 fully saturated rings. The Hall–Kier alpha value is -7.98. The molecule has 2 nitrogen and oxygen atoms in total. The van der Waals surface area contributed by atoms with Crippen LogP contribution in [0.25, 0.3) is 97.7 Å². The fraction of sp³-hybridized carbons (Fsp3) is 0. The van der Waals surface area contributed by atoms with Gasteiger partial charge in [0.2, 0.25) is 0 Å². The summed E-state index contributed by atoms with van der Waals surface area (Å²) in [6, 6.07) is 85.5. The number of rotatable bonds is 8. The first-order valence-corrected chi connectivity index (χ1v) is 22.2. The van der Waals surface area contributed by atoms with E-state index < -0.39 is 0 Å². The highest BCUT2D eigenvalue weighted by molar-refractivity contribution is 7.26. The molecule has 63 heavy (non-hydrogen) atoms. The summed E-state index contributed by atoms with van der Waals surface area (Å²) >= 11 is 1.87. The minimum absolute atomic E-state index is 0.892. The lowest BCUT2D eigenvalue weighted by Crippen LogP contribution is -2.13. The maximum absolute atomic E-state index is 6.33. The Morgan fingerprint density at radius 3 is 1.65 bits per heavy atom. The first-order chi connectivity index (χ1) is 31.3. The van der Waals surface area contributed by atoms with Crippen LogP contribution in [-0.2, 0) is 0 Å². The van der Waals surface area contributed by atoms with Crippen molar-refractivity contribution in [1.82, 2.24) is 0 Å². The topological polar surface area (TPSA) is 16.4 Å². The van der Waals surface area contributed by atoms with Crippen LogP contribution in [-0.4, -0.2) is 0 Å². The van der Waals surface area contributed by atoms with Crippen molar-refractivity contribution in [3.8, 4) is 55.6 Å². The average Bonchev–Trinajstić information content (AvgIpc) is 3.94. The second-order valence-electron chi connectivity index (χ2n) is 15.9. The summed E-state index contributed by atoms with van der Waals surface area (Å²) in [6.45, 7) is 0. The molecule has 296 valence electrons. The van der Waals surface area contributed by atoms with Crippen LogP contribution in [0.3, 0.4) is 0 Å². The summed E-state index contributed by atoms with van der Waals surface area (Å²) < 4.78 is 8.91. The molecule has 0 unspecified atom stereocenters. The van der Waals surface area contributed by atoms with E-state index in [1.165, 1.54) is 53.6 Å². The lowest BCUT2D eigenvalue weighted by molar-refractivity contribution is 0.669. The number of nitrogens with zero attached hydrogens (tertiary/aromatic N) is 1. The number of furan rings is 1. The van der Waals surface area contributed by atoms with Crippen molar-refractivity contribution in [2.24, 2.45) is 0 Å². The second kappa shape index (κ2) is 15.5. The molecule has 0 aliphatic rings. The van der Waals surface area contributed by atoms with Crippen molar-refractivity contribution in [2.45, 2.75) is 0 Å². The van der Waals surface area contributed by atoms with Gasteiger partial charge in [-0.15, -0.1) is 11.3 Å². The molecule has 0 amide bonds. The summed E-state index contributed by atoms with van der Waals surface area (Å²) in [5.74, 6) is 0. The van der Waals surface area contributed by atoms with Crippen LogP contribution >= 0.6 is 11.3 Å². The highest BCUT2D eigenvalue weighted by Gasteiger charge is 2.25. The molecule has 0 saturated carbocycles. The summed E-state index contributed by atoms with van der Waals surface area (Å²) in [5, 5.41) is 4.83. The number of thiophene rings is 1. The van der Waals surface area contributed by atoms with Crippen molar-refractivity contribution in [3.05, 3.63) is 237 Å². The second-order valence-corrected chi connectivity index (χ2v) is 17.0. The van der Waals surface area contributed by atoms with Gasteiger partial charge >= 0.3 is 0 Å². The van der Waals surface area contributed by atoms with Gasteiger partial charge in [0.15, 0.2) is 0 Å². The first-order valence-electron chi connectivity index (χ1n) is 21.4. The van der Waals surface area contributed by atoms with Gasteiger partial charge in [0, 0.05) is 53.3 Å². The number of hydrogen-bond acceptors (Lipinski definition) is 3. The van der Waals surface area contributed by atoms with Gasteiger partial charge in [-0.25, -0.2) is 0 Å². The van der Waals surface area contributed by atoms with E-state index in [0.717, 1.165) is 61.3 Å². The number of hydrogen-bond donors (Lipinski definition) is 0. The molecule has 12 aromatic rings. The van der Waals surface area contributed by atoms with Crippen LogP contribution in [0.5, 0.6) is 0 Å². The molecule has 10 aromatic carbocycles. The summed E-state index contributed by atoms with van der Waals surface area (Å²) in [4.78, 5) is 2.49. The van der Waals surface area contributed by atoms with Crippen LogP contribution in [0.1, 0.15) is 0 Å². The minimum Gasteiger partial charge on any atom is -0.456 e. The van der Waals surface area contributed by atoms with Gasteiger partial charge < -0.3 is 9.32 Å². The van der Waals surface area contributed by atoms with Crippen molar-refractivity contribution < 1.29 is 4.42 Å². The van der Waals surface area contributed by atoms with Gasteiger partial charge in [-0.1, -0.05) is 194 Å². The average molecular weight is 822 g/mol. The molecule has 0 bridgehead atoms. The van der Waals surface area contributed by atoms with Crippen LogP contribution in [0.4, 0.5) is 17.1 Å². The maximum Gasteiger partial charge on any atom is 0.136 e. The molecule has 0 spiro atoms. The standard InChI is InChI=1S/C60H39NOS/c1-3-18-40(19-4-1)44-22-7-8-25-49(44)58-45(41-20-5-2-6-21-41)27-16-32-54(58)61(43-38-36-42(37-39-43)46-28-17-34-56-59(46)52-26-10-13-33-55(52)62-56)53-31-12-9-23-47(53)50-29-15-30-51-48-24-11-14-35-57(48)63-60(50)51/h1-39H. The van der Waals surface area contributed by atoms with Gasteiger partial charge in [0.1, 0.15) is 11.2 Å². The molecule has 12 rings (SSSR count). The zero-order chi connectivity index (χ0) is 41.7. The smallest absolute Gasteiger partial charge is 0.136 e. The highest BCUT2D eigenvalue weighted by Crippen LogP contribution is 2.51. The Kier molecular flexibility index (Phi) is 9.06. The van der Waals surface area contributed by atoms with Gasteiger partial charge in [-0.05, 0) is 81.4 Å². The summed E-state index contributed by atoms with van der Waals surface area (Å²) in [5.41, 5.74) is 16.7. The van der Waals surface area contributed by atoms with E-state index in [1.807, 2.05) is 23.5 Å². The zero-order valence-electron chi connectivity index (χ0n) is 34.3. The number of fused-ring (bicyclic) bond motifs is 6. The molecule has 0 radical (unpaired) electrons. The normalized spacial score (nSPS) is 11.5. The Labute approximate surface area is 370 Å². The maximum atomic E-state index is 6.33. The fourth-order valence-corrected chi connectivity index (χ4v) is 10.7. The molecular formula is C60H39NOS. The van der Waals surface area contributed by atoms with Crippen LogP contribution in [0.15, 0.2) is 241 Å². The third kappa shape index (κ3) is 6.33. The van der Waals surface area contributed by atoms with E-state index in [9.17, 15) is 0 Å². The lowest BCUT2D eigenvalue weighted by atomic mass is 9.87. The van der Waals surface area contributed by atoms with Gasteiger partial charge in [0.25, 0.3) is 0 Å². The van der Waals surface area contributed by atoms with E-state index in [2.05, 4.69) is 229 Å². The molecule has 0 atom stereocenters. The number of anilines is 3. The van der Waals surface area contributed by atoms with Crippen LogP contribution < -0.4 is 4.90 Å². The number of benzene rings is 10. The van der Waals surface area contributed by atoms with E-state index >= 15 is 0 Å². The Balaban J connectivity index is 1.13. The van der Waals surface area contributed by atoms with E-state index in [4.69, 9.17) is 4.42 Å². The van der Waals surface area contributed by atoms with E-state index in [-0.39, 0.29) is 0 Å². The monoisotopic (exact) mass is 821 g/mol. The summed E-state index contributed by atoms with van der Waals surface area (Å²) in [7, 11) is 0. The van der Waals surface area contributed by atoms with Crippen LogP contribution in [0, 0.1) is 0 Å². The Morgan fingerprint density at radius 2 is 0.841 bits per heavy atom. The van der Waals surface area contributed by atoms with Crippen molar-refractivity contribution in [2.75, 3.05) is 4.90 Å². The molecule has 2 heterocycles. The number of para-hydroxylation sites is 2. The Bertz CT molecular complexity index is 3620. The third-order valence-electron chi connectivity index (χ3n) is 12.3. The Morgan fingerprint density at radius 1 is 0.317 bits per heavy atom. The summed E-state index contributed by atoms with van der Waals surface area (Å²) in [6.07, 6.45) is 0. The van der Waals surface area contributed by atoms with Gasteiger partial charge in [-0.3, -0.25) is 0 Å². The minimum atomic E-state index is 0.892. The van der Waals surface area contributed by atoms with Crippen LogP contribution in [0.2, 0.25) is 0 Å². The first kappa shape index (κ1) is 36.8. The lowest BCUT2D eigenvalue weighted by Gasteiger charge is -2.31. The molecular weight excluding hydrogens is 783 g/mol. The predicted molar refractivity (Wildman–Crippen MR) is 268 cm³/mol. The fourth-order valence-electron chi connectivity index (χ4n) is 9.51. The molecule has 0 aliphatic heterocycles. The van der Waals surface area contributed by atoms with Gasteiger partial charge in [0.05, 0.1) is 11.4 Å². The molecule has 0 aliphatic carbocycles. The van der Waals surface area contributed by atoms with Crippen molar-refractivity contribution in [1.29, 1.82) is 0 Å². The third-order valence-corrected chi connectivity index (χ3v) is 13.5. The molecule has 0 N–H and O–H groups in total. The molecule has 2 aromatic heterocycles. The van der Waals surface area contributed by atoms with Crippen molar-refractivity contribution in [3.63, 3.8) is 0 Å². The van der Waals surface area contributed by atoms with Crippen molar-refractivity contribution >= 4 is 70.5 Å².